The molecule has 3 rings (SSSR count). The standard InChI is InChI=1S/C18H17N7O3S/c19-14(26)10-21-15(27)12-6-4-11(5-7-12)9-22-17(28)23-18-25-24-16(29-18)13-3-1-2-8-20-13/h1-8H,9-10H2,(H2,19,26)(H,21,27)(H2,22,23,25,28). The Morgan fingerprint density at radius 3 is 2.48 bits per heavy atom. The number of aromatic nitrogens is 3. The van der Waals surface area contributed by atoms with Crippen LogP contribution in [0.1, 0.15) is 15.9 Å². The molecular weight excluding hydrogens is 394 g/mol. The number of urea groups is 1. The van der Waals surface area contributed by atoms with Crippen molar-refractivity contribution < 1.29 is 14.4 Å². The van der Waals surface area contributed by atoms with Crippen molar-refractivity contribution in [1.82, 2.24) is 25.8 Å². The summed E-state index contributed by atoms with van der Waals surface area (Å²) in [5.74, 6) is -1.02. The molecule has 0 aliphatic heterocycles. The lowest BCUT2D eigenvalue weighted by Crippen LogP contribution is -2.33. The van der Waals surface area contributed by atoms with Crippen molar-refractivity contribution in [2.75, 3.05) is 11.9 Å². The lowest BCUT2D eigenvalue weighted by molar-refractivity contribution is -0.117. The molecule has 0 saturated carbocycles. The van der Waals surface area contributed by atoms with Gasteiger partial charge in [0.2, 0.25) is 11.0 Å². The van der Waals surface area contributed by atoms with Crippen LogP contribution in [-0.4, -0.2) is 39.6 Å². The van der Waals surface area contributed by atoms with Crippen molar-refractivity contribution in [3.63, 3.8) is 0 Å². The van der Waals surface area contributed by atoms with Crippen LogP contribution in [0.25, 0.3) is 10.7 Å². The zero-order chi connectivity index (χ0) is 20.6. The molecule has 0 bridgehead atoms. The Bertz CT molecular complexity index is 1010. The molecule has 1 aromatic carbocycles. The first-order valence-corrected chi connectivity index (χ1v) is 9.28. The molecule has 10 nitrogen and oxygen atoms in total. The smallest absolute Gasteiger partial charge is 0.321 e. The lowest BCUT2D eigenvalue weighted by Gasteiger charge is -2.07. The second-order valence-corrected chi connectivity index (χ2v) is 6.76. The fourth-order valence-electron chi connectivity index (χ4n) is 2.23. The Morgan fingerprint density at radius 1 is 1.00 bits per heavy atom. The van der Waals surface area contributed by atoms with Gasteiger partial charge in [0, 0.05) is 18.3 Å². The highest BCUT2D eigenvalue weighted by Crippen LogP contribution is 2.24. The highest BCUT2D eigenvalue weighted by atomic mass is 32.1. The van der Waals surface area contributed by atoms with E-state index in [0.717, 1.165) is 5.56 Å². The van der Waals surface area contributed by atoms with E-state index < -0.39 is 17.8 Å². The Hall–Kier alpha value is -3.86. The van der Waals surface area contributed by atoms with E-state index in [2.05, 4.69) is 31.1 Å². The van der Waals surface area contributed by atoms with Gasteiger partial charge in [0.1, 0.15) is 5.69 Å². The predicted molar refractivity (Wildman–Crippen MR) is 107 cm³/mol. The fraction of sp³-hybridized carbons (Fsp3) is 0.111. The van der Waals surface area contributed by atoms with Crippen molar-refractivity contribution in [2.24, 2.45) is 5.73 Å². The van der Waals surface area contributed by atoms with Gasteiger partial charge in [0.25, 0.3) is 5.91 Å². The van der Waals surface area contributed by atoms with Crippen LogP contribution >= 0.6 is 11.3 Å². The average molecular weight is 411 g/mol. The molecule has 0 spiro atoms. The highest BCUT2D eigenvalue weighted by Gasteiger charge is 2.10. The Balaban J connectivity index is 1.49. The van der Waals surface area contributed by atoms with Crippen molar-refractivity contribution >= 4 is 34.3 Å². The molecule has 2 aromatic heterocycles. The number of hydrogen-bond donors (Lipinski definition) is 4. The molecule has 5 N–H and O–H groups in total. The zero-order valence-electron chi connectivity index (χ0n) is 15.1. The zero-order valence-corrected chi connectivity index (χ0v) is 15.9. The summed E-state index contributed by atoms with van der Waals surface area (Å²) in [4.78, 5) is 38.7. The molecule has 148 valence electrons. The Morgan fingerprint density at radius 2 is 1.79 bits per heavy atom. The number of carbonyl (C=O) groups is 3. The summed E-state index contributed by atoms with van der Waals surface area (Å²) >= 11 is 1.21. The van der Waals surface area contributed by atoms with Gasteiger partial charge in [-0.1, -0.05) is 29.5 Å². The van der Waals surface area contributed by atoms with Crippen LogP contribution in [-0.2, 0) is 11.3 Å². The predicted octanol–water partition coefficient (Wildman–Crippen LogP) is 1.14. The first-order chi connectivity index (χ1) is 14.0. The quantitative estimate of drug-likeness (QED) is 0.457. The van der Waals surface area contributed by atoms with Gasteiger partial charge in [-0.05, 0) is 29.8 Å². The number of benzene rings is 1. The maximum absolute atomic E-state index is 12.0. The number of hydrogen-bond acceptors (Lipinski definition) is 7. The molecule has 0 atom stereocenters. The van der Waals surface area contributed by atoms with E-state index in [9.17, 15) is 14.4 Å². The number of nitrogens with one attached hydrogen (secondary N) is 3. The number of carbonyl (C=O) groups excluding carboxylic acids is 3. The number of amides is 4. The molecule has 4 amide bonds. The van der Waals surface area contributed by atoms with Gasteiger partial charge >= 0.3 is 6.03 Å². The van der Waals surface area contributed by atoms with Crippen molar-refractivity contribution in [1.29, 1.82) is 0 Å². The normalized spacial score (nSPS) is 10.2. The highest BCUT2D eigenvalue weighted by molar-refractivity contribution is 7.18. The molecule has 0 aliphatic rings. The third kappa shape index (κ3) is 5.81. The molecule has 0 saturated heterocycles. The monoisotopic (exact) mass is 411 g/mol. The summed E-state index contributed by atoms with van der Waals surface area (Å²) in [5.41, 5.74) is 6.84. The minimum atomic E-state index is -0.618. The molecule has 29 heavy (non-hydrogen) atoms. The summed E-state index contributed by atoms with van der Waals surface area (Å²) in [7, 11) is 0. The first kappa shape index (κ1) is 19.9. The van der Waals surface area contributed by atoms with Gasteiger partial charge in [0.05, 0.1) is 6.54 Å². The number of nitrogens with two attached hydrogens (primary N) is 1. The average Bonchev–Trinajstić information content (AvgIpc) is 3.20. The molecule has 0 radical (unpaired) electrons. The topological polar surface area (TPSA) is 152 Å². The van der Waals surface area contributed by atoms with E-state index in [0.29, 0.717) is 21.4 Å². The van der Waals surface area contributed by atoms with E-state index in [1.807, 2.05) is 12.1 Å². The summed E-state index contributed by atoms with van der Waals surface area (Å²) < 4.78 is 0. The van der Waals surface area contributed by atoms with Gasteiger partial charge in [-0.15, -0.1) is 10.2 Å². The van der Waals surface area contributed by atoms with E-state index >= 15 is 0 Å². The molecule has 11 heteroatoms. The summed E-state index contributed by atoms with van der Waals surface area (Å²) in [6, 6.07) is 11.6. The molecule has 0 unspecified atom stereocenters. The molecule has 3 aromatic rings. The van der Waals surface area contributed by atoms with Gasteiger partial charge in [-0.2, -0.15) is 0 Å². The minimum Gasteiger partial charge on any atom is -0.368 e. The van der Waals surface area contributed by atoms with Crippen molar-refractivity contribution in [3.8, 4) is 10.7 Å². The SMILES string of the molecule is NC(=O)CNC(=O)c1ccc(CNC(=O)Nc2nnc(-c3ccccn3)s2)cc1. The van der Waals surface area contributed by atoms with Crippen LogP contribution in [0.4, 0.5) is 9.93 Å². The molecule has 2 heterocycles. The summed E-state index contributed by atoms with van der Waals surface area (Å²) in [6.45, 7) is 0.0247. The maximum atomic E-state index is 12.0. The van der Waals surface area contributed by atoms with Gasteiger partial charge in [-0.3, -0.25) is 19.9 Å². The second-order valence-electron chi connectivity index (χ2n) is 5.78. The Kier molecular flexibility index (Phi) is 6.43. The third-order valence-corrected chi connectivity index (χ3v) is 4.48. The van der Waals surface area contributed by atoms with Crippen LogP contribution < -0.4 is 21.7 Å². The number of anilines is 1. The van der Waals surface area contributed by atoms with E-state index in [1.54, 1.807) is 36.5 Å². The van der Waals surface area contributed by atoms with Crippen LogP contribution in [0.15, 0.2) is 48.7 Å². The molecular formula is C18H17N7O3S. The van der Waals surface area contributed by atoms with Crippen LogP contribution in [0.5, 0.6) is 0 Å². The molecule has 0 aliphatic carbocycles. The second kappa shape index (κ2) is 9.37. The number of rotatable bonds is 7. The number of primary amides is 1. The lowest BCUT2D eigenvalue weighted by atomic mass is 10.1. The van der Waals surface area contributed by atoms with Gasteiger partial charge in [-0.25, -0.2) is 4.79 Å². The van der Waals surface area contributed by atoms with Crippen LogP contribution in [0.2, 0.25) is 0 Å². The van der Waals surface area contributed by atoms with Crippen molar-refractivity contribution in [3.05, 3.63) is 59.8 Å². The largest absolute Gasteiger partial charge is 0.368 e. The Labute approximate surface area is 169 Å². The van der Waals surface area contributed by atoms with Gasteiger partial charge < -0.3 is 16.4 Å². The van der Waals surface area contributed by atoms with Crippen molar-refractivity contribution in [2.45, 2.75) is 6.54 Å². The first-order valence-electron chi connectivity index (χ1n) is 8.46. The van der Waals surface area contributed by atoms with E-state index in [4.69, 9.17) is 5.73 Å². The van der Waals surface area contributed by atoms with E-state index in [1.165, 1.54) is 11.3 Å². The molecule has 0 fully saturated rings. The summed E-state index contributed by atoms with van der Waals surface area (Å²) in [6.07, 6.45) is 1.66. The fourth-order valence-corrected chi connectivity index (χ4v) is 2.95. The van der Waals surface area contributed by atoms with Crippen LogP contribution in [0, 0.1) is 0 Å². The summed E-state index contributed by atoms with van der Waals surface area (Å²) in [5, 5.41) is 16.6. The maximum Gasteiger partial charge on any atom is 0.321 e. The number of nitrogens with zero attached hydrogens (tertiary/aromatic N) is 3. The van der Waals surface area contributed by atoms with Crippen LogP contribution in [0.3, 0.4) is 0 Å². The van der Waals surface area contributed by atoms with E-state index in [-0.39, 0.29) is 13.1 Å². The number of pyridine rings is 1. The minimum absolute atomic E-state index is 0.226. The third-order valence-electron chi connectivity index (χ3n) is 3.62. The van der Waals surface area contributed by atoms with Gasteiger partial charge in [0.15, 0.2) is 5.01 Å².